The Balaban J connectivity index is 1.54. The van der Waals surface area contributed by atoms with Gasteiger partial charge in [0.25, 0.3) is 5.97 Å². The van der Waals surface area contributed by atoms with Crippen molar-refractivity contribution in [1.82, 2.24) is 0 Å². The van der Waals surface area contributed by atoms with Crippen molar-refractivity contribution in [1.29, 1.82) is 0 Å². The predicted molar refractivity (Wildman–Crippen MR) is 189 cm³/mol. The van der Waals surface area contributed by atoms with Crippen molar-refractivity contribution in [2.75, 3.05) is 0 Å². The highest BCUT2D eigenvalue weighted by molar-refractivity contribution is 6.72. The monoisotopic (exact) mass is 650 g/mol. The van der Waals surface area contributed by atoms with Crippen molar-refractivity contribution in [2.45, 2.75) is 175 Å². The number of rotatable bonds is 12. The third-order valence-corrected chi connectivity index (χ3v) is 21.9. The smallest absolute Gasteiger partial charge is 0.292 e. The zero-order chi connectivity index (χ0) is 32.0. The number of fused-ring (bicyclic) bond motifs is 5. The van der Waals surface area contributed by atoms with Crippen LogP contribution in [0.3, 0.4) is 0 Å². The van der Waals surface area contributed by atoms with E-state index in [4.69, 9.17) is 13.3 Å². The summed E-state index contributed by atoms with van der Waals surface area (Å²) in [6.07, 6.45) is 12.9. The zero-order valence-corrected chi connectivity index (χ0v) is 33.4. The van der Waals surface area contributed by atoms with Crippen LogP contribution in [0.25, 0.3) is 0 Å². The van der Waals surface area contributed by atoms with Crippen LogP contribution in [0.2, 0.25) is 57.4 Å². The molecule has 4 nitrogen and oxygen atoms in total. The SMILES string of the molecule is CC[Si](C)(C)OC(=O)CCC(C)C1CCC2C3C(CCC12C)C1(C)CC[C@@H](O[Si](C)(C)CC)CC1C[C@H]3O[Si](C)(C)CC. The Kier molecular flexibility index (Phi) is 11.1. The highest BCUT2D eigenvalue weighted by Gasteiger charge is 2.63. The van der Waals surface area contributed by atoms with E-state index in [0.29, 0.717) is 47.2 Å². The molecule has 4 rings (SSSR count). The van der Waals surface area contributed by atoms with Crippen molar-refractivity contribution >= 4 is 30.9 Å². The van der Waals surface area contributed by atoms with E-state index in [1.165, 1.54) is 63.5 Å². The standard InChI is InChI=1S/C36H70O4Si3/c1-13-41(7,8)38-28-20-22-35(5)27(24-28)25-32(39-42(9,10)14-2)34-30-18-17-29(36(30,6)23-21-31(34)35)26(4)16-19-33(37)40-43(11,12)15-3/h26-32,34H,13-25H2,1-12H3/t26?,27?,28-,29?,30?,31?,32-,34?,35?,36?/m1/s1. The molecule has 4 aliphatic carbocycles. The molecule has 0 aliphatic heterocycles. The molecule has 0 spiro atoms. The zero-order valence-electron chi connectivity index (χ0n) is 30.4. The summed E-state index contributed by atoms with van der Waals surface area (Å²) in [5, 5.41) is 0. The van der Waals surface area contributed by atoms with Gasteiger partial charge in [0.05, 0.1) is 0 Å². The van der Waals surface area contributed by atoms with Crippen LogP contribution in [0.15, 0.2) is 0 Å². The molecule has 8 unspecified atom stereocenters. The van der Waals surface area contributed by atoms with Gasteiger partial charge in [-0.05, 0) is 162 Å². The maximum absolute atomic E-state index is 12.8. The molecule has 250 valence electrons. The molecule has 4 fully saturated rings. The van der Waals surface area contributed by atoms with Crippen LogP contribution in [0.5, 0.6) is 0 Å². The summed E-state index contributed by atoms with van der Waals surface area (Å²) in [5.41, 5.74) is 0.784. The van der Waals surface area contributed by atoms with E-state index in [1.54, 1.807) is 0 Å². The van der Waals surface area contributed by atoms with E-state index >= 15 is 0 Å². The van der Waals surface area contributed by atoms with Gasteiger partial charge in [-0.1, -0.05) is 41.5 Å². The molecule has 4 aliphatic rings. The van der Waals surface area contributed by atoms with Gasteiger partial charge in [0.15, 0.2) is 16.6 Å². The van der Waals surface area contributed by atoms with Crippen LogP contribution in [0.1, 0.15) is 106 Å². The molecule has 0 saturated heterocycles. The minimum absolute atomic E-state index is 0.0461. The van der Waals surface area contributed by atoms with E-state index in [2.05, 4.69) is 80.8 Å². The van der Waals surface area contributed by atoms with Crippen LogP contribution >= 0.6 is 0 Å². The molecule has 0 N–H and O–H groups in total. The van der Waals surface area contributed by atoms with Gasteiger partial charge in [-0.3, -0.25) is 4.79 Å². The lowest BCUT2D eigenvalue weighted by molar-refractivity contribution is -0.169. The maximum Gasteiger partial charge on any atom is 0.292 e. The highest BCUT2D eigenvalue weighted by atomic mass is 28.4. The lowest BCUT2D eigenvalue weighted by atomic mass is 9.43. The minimum Gasteiger partial charge on any atom is -0.520 e. The van der Waals surface area contributed by atoms with E-state index in [-0.39, 0.29) is 5.97 Å². The summed E-state index contributed by atoms with van der Waals surface area (Å²) in [6, 6.07) is 3.39. The summed E-state index contributed by atoms with van der Waals surface area (Å²) in [7, 11) is -5.12. The Morgan fingerprint density at radius 2 is 1.35 bits per heavy atom. The van der Waals surface area contributed by atoms with Gasteiger partial charge >= 0.3 is 0 Å². The molecule has 0 aromatic heterocycles. The topological polar surface area (TPSA) is 44.8 Å². The fourth-order valence-corrected chi connectivity index (χ4v) is 13.8. The summed E-state index contributed by atoms with van der Waals surface area (Å²) >= 11 is 0. The number of carbonyl (C=O) groups excluding carboxylic acids is 1. The molecule has 0 amide bonds. The van der Waals surface area contributed by atoms with E-state index in [0.717, 1.165) is 30.2 Å². The second kappa shape index (κ2) is 13.3. The van der Waals surface area contributed by atoms with Crippen LogP contribution in [0.4, 0.5) is 0 Å². The van der Waals surface area contributed by atoms with Gasteiger partial charge < -0.3 is 13.3 Å². The van der Waals surface area contributed by atoms with Crippen molar-refractivity contribution in [3.8, 4) is 0 Å². The van der Waals surface area contributed by atoms with E-state index in [1.807, 2.05) is 0 Å². The minimum atomic E-state index is -1.84. The molecule has 0 heterocycles. The summed E-state index contributed by atoms with van der Waals surface area (Å²) in [4.78, 5) is 12.8. The highest BCUT2D eigenvalue weighted by Crippen LogP contribution is 2.69. The number of hydrogen-bond acceptors (Lipinski definition) is 4. The molecule has 43 heavy (non-hydrogen) atoms. The first-order valence-corrected chi connectivity index (χ1v) is 27.8. The molecule has 0 radical (unpaired) electrons. The largest absolute Gasteiger partial charge is 0.520 e. The van der Waals surface area contributed by atoms with E-state index in [9.17, 15) is 4.79 Å². The van der Waals surface area contributed by atoms with Crippen molar-refractivity contribution in [3.63, 3.8) is 0 Å². The molecule has 4 saturated carbocycles. The number of carbonyl (C=O) groups is 1. The van der Waals surface area contributed by atoms with Gasteiger partial charge in [0.2, 0.25) is 8.32 Å². The fourth-order valence-electron chi connectivity index (χ4n) is 10.4. The Hall–Kier alpha value is 0.0406. The number of hydrogen-bond donors (Lipinski definition) is 0. The van der Waals surface area contributed by atoms with Crippen LogP contribution in [0, 0.1) is 46.3 Å². The van der Waals surface area contributed by atoms with Crippen molar-refractivity contribution in [2.24, 2.45) is 46.3 Å². The van der Waals surface area contributed by atoms with Crippen molar-refractivity contribution in [3.05, 3.63) is 0 Å². The molecule has 0 aromatic carbocycles. The van der Waals surface area contributed by atoms with Gasteiger partial charge in [0, 0.05) is 18.6 Å². The van der Waals surface area contributed by atoms with Gasteiger partial charge in [0.1, 0.15) is 0 Å². The molecule has 0 aromatic rings. The predicted octanol–water partition coefficient (Wildman–Crippen LogP) is 10.7. The molecular weight excluding hydrogens is 581 g/mol. The van der Waals surface area contributed by atoms with Gasteiger partial charge in [-0.15, -0.1) is 0 Å². The quantitative estimate of drug-likeness (QED) is 0.197. The van der Waals surface area contributed by atoms with Gasteiger partial charge in [-0.2, -0.15) is 0 Å². The summed E-state index contributed by atoms with van der Waals surface area (Å²) in [6.45, 7) is 28.7. The maximum atomic E-state index is 12.8. The first kappa shape index (κ1) is 35.9. The molecule has 0 bridgehead atoms. The average molecular weight is 651 g/mol. The van der Waals surface area contributed by atoms with Crippen molar-refractivity contribution < 1.29 is 18.1 Å². The summed E-state index contributed by atoms with van der Waals surface area (Å²) < 4.78 is 20.2. The normalized spacial score (nSPS) is 39.0. The summed E-state index contributed by atoms with van der Waals surface area (Å²) in [5.74, 6) is 4.26. The first-order chi connectivity index (χ1) is 19.9. The Bertz CT molecular complexity index is 968. The molecule has 7 heteroatoms. The Morgan fingerprint density at radius 3 is 1.98 bits per heavy atom. The molecular formula is C36H70O4Si3. The second-order valence-electron chi connectivity index (χ2n) is 18.0. The lowest BCUT2D eigenvalue weighted by Crippen LogP contribution is -2.60. The molecule has 10 atom stereocenters. The first-order valence-electron chi connectivity index (χ1n) is 18.5. The fraction of sp³-hybridized carbons (Fsp3) is 0.972. The third-order valence-electron chi connectivity index (χ3n) is 14.1. The van der Waals surface area contributed by atoms with Crippen LogP contribution in [-0.2, 0) is 18.1 Å². The van der Waals surface area contributed by atoms with Gasteiger partial charge in [-0.25, -0.2) is 0 Å². The van der Waals surface area contributed by atoms with Crippen LogP contribution < -0.4 is 0 Å². The Labute approximate surface area is 270 Å². The van der Waals surface area contributed by atoms with E-state index < -0.39 is 25.0 Å². The lowest BCUT2D eigenvalue weighted by Gasteiger charge is -2.64. The average Bonchev–Trinajstić information content (AvgIpc) is 3.29. The third kappa shape index (κ3) is 7.62. The van der Waals surface area contributed by atoms with Crippen LogP contribution in [-0.4, -0.2) is 43.1 Å². The second-order valence-corrected chi connectivity index (χ2v) is 31.3. The Morgan fingerprint density at radius 1 is 0.767 bits per heavy atom.